The van der Waals surface area contributed by atoms with Gasteiger partial charge in [0, 0.05) is 13.1 Å². The van der Waals surface area contributed by atoms with Crippen LogP contribution in [0.5, 0.6) is 5.75 Å². The van der Waals surface area contributed by atoms with Gasteiger partial charge in [0.2, 0.25) is 0 Å². The second-order valence-electron chi connectivity index (χ2n) is 4.03. The molecule has 0 bridgehead atoms. The lowest BCUT2D eigenvalue weighted by Gasteiger charge is -2.12. The molecule has 0 aromatic heterocycles. The van der Waals surface area contributed by atoms with Crippen molar-refractivity contribution >= 4 is 23.0 Å². The van der Waals surface area contributed by atoms with Crippen LogP contribution in [0.4, 0.5) is 11.4 Å². The zero-order valence-corrected chi connectivity index (χ0v) is 11.6. The van der Waals surface area contributed by atoms with Crippen molar-refractivity contribution in [3.63, 3.8) is 0 Å². The molecule has 0 atom stereocenters. The molecule has 0 aliphatic rings. The summed E-state index contributed by atoms with van der Waals surface area (Å²) in [5, 5.41) is 7.34. The Morgan fingerprint density at radius 1 is 0.895 bits per heavy atom. The zero-order chi connectivity index (χ0) is 13.5. The Morgan fingerprint density at radius 2 is 1.47 bits per heavy atom. The van der Waals surface area contributed by atoms with Crippen LogP contribution in [0.3, 0.4) is 0 Å². The molecule has 2 rings (SSSR count). The highest BCUT2D eigenvalue weighted by Gasteiger charge is 2.00. The van der Waals surface area contributed by atoms with Crippen LogP contribution in [-0.4, -0.2) is 20.2 Å². The van der Waals surface area contributed by atoms with Crippen molar-refractivity contribution in [2.75, 3.05) is 30.8 Å². The molecule has 4 heteroatoms. The van der Waals surface area contributed by atoms with Crippen LogP contribution in [0.25, 0.3) is 0 Å². The van der Waals surface area contributed by atoms with Gasteiger partial charge in [0.25, 0.3) is 0 Å². The van der Waals surface area contributed by atoms with Crippen LogP contribution in [0, 0.1) is 0 Å². The van der Waals surface area contributed by atoms with E-state index in [2.05, 4.69) is 10.6 Å². The number of nitrogens with one attached hydrogen (secondary N) is 2. The van der Waals surface area contributed by atoms with Crippen LogP contribution in [0.1, 0.15) is 0 Å². The highest BCUT2D eigenvalue weighted by atomic mass is 35.5. The zero-order valence-electron chi connectivity index (χ0n) is 10.8. The van der Waals surface area contributed by atoms with Gasteiger partial charge in [0.05, 0.1) is 23.5 Å². The summed E-state index contributed by atoms with van der Waals surface area (Å²) in [6, 6.07) is 15.6. The molecule has 2 N–H and O–H groups in total. The Kier molecular flexibility index (Phi) is 4.93. The van der Waals surface area contributed by atoms with E-state index in [9.17, 15) is 0 Å². The van der Waals surface area contributed by atoms with Crippen molar-refractivity contribution < 1.29 is 4.74 Å². The number of para-hydroxylation sites is 3. The summed E-state index contributed by atoms with van der Waals surface area (Å²) in [5.74, 6) is 0.847. The van der Waals surface area contributed by atoms with Crippen molar-refractivity contribution in [1.82, 2.24) is 0 Å². The van der Waals surface area contributed by atoms with Crippen molar-refractivity contribution in [3.8, 4) is 5.75 Å². The van der Waals surface area contributed by atoms with E-state index in [1.165, 1.54) is 0 Å². The van der Waals surface area contributed by atoms with E-state index in [1.54, 1.807) is 7.11 Å². The van der Waals surface area contributed by atoms with Gasteiger partial charge in [-0.05, 0) is 24.3 Å². The van der Waals surface area contributed by atoms with E-state index in [0.29, 0.717) is 0 Å². The lowest BCUT2D eigenvalue weighted by molar-refractivity contribution is 0.416. The number of anilines is 2. The lowest BCUT2D eigenvalue weighted by atomic mass is 10.3. The Balaban J connectivity index is 1.83. The highest BCUT2D eigenvalue weighted by molar-refractivity contribution is 6.33. The molecule has 19 heavy (non-hydrogen) atoms. The average molecular weight is 277 g/mol. The average Bonchev–Trinajstić information content (AvgIpc) is 2.45. The highest BCUT2D eigenvalue weighted by Crippen LogP contribution is 2.23. The monoisotopic (exact) mass is 276 g/mol. The first kappa shape index (κ1) is 13.6. The van der Waals surface area contributed by atoms with Crippen molar-refractivity contribution in [2.24, 2.45) is 0 Å². The third kappa shape index (κ3) is 3.80. The van der Waals surface area contributed by atoms with Gasteiger partial charge in [-0.2, -0.15) is 0 Å². The SMILES string of the molecule is COc1ccccc1NCCNc1ccccc1Cl. The molecule has 0 amide bonds. The fraction of sp³-hybridized carbons (Fsp3) is 0.200. The molecule has 3 nitrogen and oxygen atoms in total. The van der Waals surface area contributed by atoms with Gasteiger partial charge < -0.3 is 15.4 Å². The number of hydrogen-bond acceptors (Lipinski definition) is 3. The Morgan fingerprint density at radius 3 is 2.16 bits per heavy atom. The molecular formula is C15H17ClN2O. The first-order valence-electron chi connectivity index (χ1n) is 6.16. The molecule has 2 aromatic rings. The maximum absolute atomic E-state index is 6.06. The largest absolute Gasteiger partial charge is 0.495 e. The Bertz CT molecular complexity index is 531. The maximum atomic E-state index is 6.06. The first-order valence-corrected chi connectivity index (χ1v) is 6.54. The molecule has 2 aromatic carbocycles. The molecule has 0 unspecified atom stereocenters. The molecule has 100 valence electrons. The molecule has 0 heterocycles. The van der Waals surface area contributed by atoms with Crippen LogP contribution < -0.4 is 15.4 Å². The summed E-state index contributed by atoms with van der Waals surface area (Å²) < 4.78 is 5.28. The van der Waals surface area contributed by atoms with Crippen molar-refractivity contribution in [3.05, 3.63) is 53.6 Å². The smallest absolute Gasteiger partial charge is 0.141 e. The maximum Gasteiger partial charge on any atom is 0.141 e. The third-order valence-electron chi connectivity index (χ3n) is 2.74. The minimum atomic E-state index is 0.736. The van der Waals surface area contributed by atoms with E-state index in [1.807, 2.05) is 48.5 Å². The molecule has 0 aliphatic carbocycles. The topological polar surface area (TPSA) is 33.3 Å². The summed E-state index contributed by atoms with van der Waals surface area (Å²) in [6.45, 7) is 1.56. The number of ether oxygens (including phenoxy) is 1. The first-order chi connectivity index (χ1) is 9.31. The molecular weight excluding hydrogens is 260 g/mol. The summed E-state index contributed by atoms with van der Waals surface area (Å²) in [7, 11) is 1.67. The molecule has 0 fully saturated rings. The number of rotatable bonds is 6. The second kappa shape index (κ2) is 6.90. The van der Waals surface area contributed by atoms with Crippen LogP contribution in [0.15, 0.2) is 48.5 Å². The van der Waals surface area contributed by atoms with E-state index < -0.39 is 0 Å². The van der Waals surface area contributed by atoms with Gasteiger partial charge in [-0.3, -0.25) is 0 Å². The summed E-state index contributed by atoms with van der Waals surface area (Å²) in [4.78, 5) is 0. The summed E-state index contributed by atoms with van der Waals surface area (Å²) >= 11 is 6.06. The van der Waals surface area contributed by atoms with Gasteiger partial charge in [0.1, 0.15) is 5.75 Å². The molecule has 0 saturated heterocycles. The molecule has 0 radical (unpaired) electrons. The molecule has 0 aliphatic heterocycles. The lowest BCUT2D eigenvalue weighted by Crippen LogP contribution is -2.14. The summed E-state index contributed by atoms with van der Waals surface area (Å²) in [5.41, 5.74) is 1.94. The predicted molar refractivity (Wildman–Crippen MR) is 81.4 cm³/mol. The van der Waals surface area contributed by atoms with Crippen LogP contribution in [0.2, 0.25) is 5.02 Å². The van der Waals surface area contributed by atoms with Crippen molar-refractivity contribution in [2.45, 2.75) is 0 Å². The normalized spacial score (nSPS) is 10.0. The van der Waals surface area contributed by atoms with Crippen molar-refractivity contribution in [1.29, 1.82) is 0 Å². The van der Waals surface area contributed by atoms with E-state index in [-0.39, 0.29) is 0 Å². The summed E-state index contributed by atoms with van der Waals surface area (Å²) in [6.07, 6.45) is 0. The number of halogens is 1. The number of benzene rings is 2. The Hall–Kier alpha value is -1.87. The van der Waals surface area contributed by atoms with Crippen LogP contribution >= 0.6 is 11.6 Å². The van der Waals surface area contributed by atoms with E-state index in [4.69, 9.17) is 16.3 Å². The van der Waals surface area contributed by atoms with Gasteiger partial charge in [-0.1, -0.05) is 35.9 Å². The quantitative estimate of drug-likeness (QED) is 0.786. The number of hydrogen-bond donors (Lipinski definition) is 2. The Labute approximate surface area is 118 Å². The minimum Gasteiger partial charge on any atom is -0.495 e. The fourth-order valence-electron chi connectivity index (χ4n) is 1.79. The van der Waals surface area contributed by atoms with Crippen LogP contribution in [-0.2, 0) is 0 Å². The fourth-order valence-corrected chi connectivity index (χ4v) is 1.99. The second-order valence-corrected chi connectivity index (χ2v) is 4.44. The minimum absolute atomic E-state index is 0.736. The molecule has 0 spiro atoms. The van der Waals surface area contributed by atoms with E-state index in [0.717, 1.165) is 35.2 Å². The third-order valence-corrected chi connectivity index (χ3v) is 3.07. The predicted octanol–water partition coefficient (Wildman–Crippen LogP) is 3.87. The van der Waals surface area contributed by atoms with Gasteiger partial charge in [-0.15, -0.1) is 0 Å². The standard InChI is InChI=1S/C15H17ClN2O/c1-19-15-9-5-4-8-14(15)18-11-10-17-13-7-3-2-6-12(13)16/h2-9,17-18H,10-11H2,1H3. The van der Waals surface area contributed by atoms with Gasteiger partial charge >= 0.3 is 0 Å². The molecule has 0 saturated carbocycles. The van der Waals surface area contributed by atoms with E-state index >= 15 is 0 Å². The van der Waals surface area contributed by atoms with Gasteiger partial charge in [0.15, 0.2) is 0 Å². The number of methoxy groups -OCH3 is 1. The van der Waals surface area contributed by atoms with Gasteiger partial charge in [-0.25, -0.2) is 0 Å².